The predicted molar refractivity (Wildman–Crippen MR) is 118 cm³/mol. The molecular weight excluding hydrogens is 390 g/mol. The summed E-state index contributed by atoms with van der Waals surface area (Å²) in [5.41, 5.74) is 3.42. The minimum absolute atomic E-state index is 0.0611. The third-order valence-corrected chi connectivity index (χ3v) is 5.60. The summed E-state index contributed by atoms with van der Waals surface area (Å²) >= 11 is 0. The van der Waals surface area contributed by atoms with E-state index in [0.29, 0.717) is 12.4 Å². The molecule has 3 aromatic rings. The molecule has 1 N–H and O–H groups in total. The number of ether oxygens (including phenoxy) is 2. The van der Waals surface area contributed by atoms with Gasteiger partial charge in [0.1, 0.15) is 29.1 Å². The fourth-order valence-electron chi connectivity index (χ4n) is 4.24. The molecule has 1 unspecified atom stereocenters. The highest BCUT2D eigenvalue weighted by Crippen LogP contribution is 2.35. The minimum Gasteiger partial charge on any atom is -0.487 e. The Morgan fingerprint density at radius 2 is 2.10 bits per heavy atom. The number of fused-ring (bicyclic) bond motifs is 1. The van der Waals surface area contributed by atoms with E-state index in [4.69, 9.17) is 14.5 Å². The minimum atomic E-state index is -0.110. The van der Waals surface area contributed by atoms with Gasteiger partial charge in [-0.2, -0.15) is 0 Å². The van der Waals surface area contributed by atoms with Crippen molar-refractivity contribution in [2.24, 2.45) is 0 Å². The van der Waals surface area contributed by atoms with Crippen LogP contribution < -0.4 is 10.1 Å². The maximum Gasteiger partial charge on any atom is 0.150 e. The van der Waals surface area contributed by atoms with Crippen molar-refractivity contribution in [1.29, 1.82) is 0 Å². The van der Waals surface area contributed by atoms with Crippen molar-refractivity contribution < 1.29 is 9.47 Å². The van der Waals surface area contributed by atoms with Crippen LogP contribution in [0.5, 0.6) is 5.75 Å². The Kier molecular flexibility index (Phi) is 5.29. The molecule has 2 aliphatic rings. The summed E-state index contributed by atoms with van der Waals surface area (Å²) in [5.74, 6) is 2.42. The standard InChI is InChI=1S/C24H27N5O2/c1-24(2)13-18-12-17(6-7-20(18)31-24)15-29-10-11-30-21(16-29)19-4-3-5-22(27-19)28-23-14-25-8-9-26-23/h3-9,12,14,21H,10-11,13,15-16H2,1-2H3,(H,26,27,28). The molecule has 2 aliphatic heterocycles. The van der Waals surface area contributed by atoms with Gasteiger partial charge < -0.3 is 14.8 Å². The van der Waals surface area contributed by atoms with E-state index in [0.717, 1.165) is 43.3 Å². The number of hydrogen-bond acceptors (Lipinski definition) is 7. The molecule has 7 nitrogen and oxygen atoms in total. The van der Waals surface area contributed by atoms with Crippen LogP contribution in [0.3, 0.4) is 0 Å². The number of nitrogens with zero attached hydrogens (tertiary/aromatic N) is 4. The molecule has 1 saturated heterocycles. The monoisotopic (exact) mass is 417 g/mol. The number of morpholine rings is 1. The van der Waals surface area contributed by atoms with Gasteiger partial charge in [0.25, 0.3) is 0 Å². The molecule has 31 heavy (non-hydrogen) atoms. The molecular formula is C24H27N5O2. The maximum absolute atomic E-state index is 6.06. The lowest BCUT2D eigenvalue weighted by atomic mass is 10.00. The lowest BCUT2D eigenvalue weighted by molar-refractivity contribution is -0.0349. The third kappa shape index (κ3) is 4.68. The Morgan fingerprint density at radius 3 is 2.97 bits per heavy atom. The molecule has 1 atom stereocenters. The van der Waals surface area contributed by atoms with E-state index in [9.17, 15) is 0 Å². The van der Waals surface area contributed by atoms with Gasteiger partial charge in [0.15, 0.2) is 0 Å². The number of pyridine rings is 1. The lowest BCUT2D eigenvalue weighted by Crippen LogP contribution is -2.38. The predicted octanol–water partition coefficient (Wildman–Crippen LogP) is 3.90. The first-order valence-corrected chi connectivity index (χ1v) is 10.7. The normalized spacial score (nSPS) is 20.1. The molecule has 4 heterocycles. The van der Waals surface area contributed by atoms with Gasteiger partial charge >= 0.3 is 0 Å². The molecule has 0 radical (unpaired) electrons. The van der Waals surface area contributed by atoms with Crippen molar-refractivity contribution in [3.8, 4) is 5.75 Å². The molecule has 2 aromatic heterocycles. The zero-order valence-corrected chi connectivity index (χ0v) is 17.9. The molecule has 0 aliphatic carbocycles. The first-order chi connectivity index (χ1) is 15.0. The van der Waals surface area contributed by atoms with Crippen molar-refractivity contribution in [3.63, 3.8) is 0 Å². The second-order valence-corrected chi connectivity index (χ2v) is 8.74. The summed E-state index contributed by atoms with van der Waals surface area (Å²) < 4.78 is 12.1. The van der Waals surface area contributed by atoms with Gasteiger partial charge in [-0.3, -0.25) is 9.88 Å². The fraction of sp³-hybridized carbons (Fsp3) is 0.375. The van der Waals surface area contributed by atoms with E-state index in [1.54, 1.807) is 18.6 Å². The first kappa shape index (κ1) is 19.9. The SMILES string of the molecule is CC1(C)Cc2cc(CN3CCOC(c4cccc(Nc5cnccn5)n4)C3)ccc2O1. The second-order valence-electron chi connectivity index (χ2n) is 8.74. The molecule has 0 spiro atoms. The van der Waals surface area contributed by atoms with Crippen LogP contribution in [0.15, 0.2) is 55.0 Å². The van der Waals surface area contributed by atoms with Crippen LogP contribution in [-0.4, -0.2) is 45.1 Å². The van der Waals surface area contributed by atoms with Gasteiger partial charge in [-0.25, -0.2) is 9.97 Å². The maximum atomic E-state index is 6.06. The van der Waals surface area contributed by atoms with Crippen LogP contribution in [0.2, 0.25) is 0 Å². The van der Waals surface area contributed by atoms with Crippen molar-refractivity contribution in [2.75, 3.05) is 25.0 Å². The van der Waals surface area contributed by atoms with Crippen LogP contribution in [-0.2, 0) is 17.7 Å². The Bertz CT molecular complexity index is 1060. The Labute approximate surface area is 182 Å². The topological polar surface area (TPSA) is 72.4 Å². The molecule has 1 aromatic carbocycles. The lowest BCUT2D eigenvalue weighted by Gasteiger charge is -2.32. The quantitative estimate of drug-likeness (QED) is 0.675. The highest BCUT2D eigenvalue weighted by molar-refractivity contribution is 5.50. The number of nitrogens with one attached hydrogen (secondary N) is 1. The van der Waals surface area contributed by atoms with Crippen LogP contribution in [0.1, 0.15) is 36.8 Å². The molecule has 0 bridgehead atoms. The zero-order chi connectivity index (χ0) is 21.3. The van der Waals surface area contributed by atoms with E-state index in [-0.39, 0.29) is 11.7 Å². The number of benzene rings is 1. The van der Waals surface area contributed by atoms with E-state index < -0.39 is 0 Å². The van der Waals surface area contributed by atoms with Crippen LogP contribution in [0, 0.1) is 0 Å². The zero-order valence-electron chi connectivity index (χ0n) is 17.9. The Morgan fingerprint density at radius 1 is 1.16 bits per heavy atom. The van der Waals surface area contributed by atoms with Crippen LogP contribution in [0.25, 0.3) is 0 Å². The summed E-state index contributed by atoms with van der Waals surface area (Å²) in [6.07, 6.45) is 5.87. The van der Waals surface area contributed by atoms with Crippen LogP contribution in [0.4, 0.5) is 11.6 Å². The van der Waals surface area contributed by atoms with Gasteiger partial charge in [-0.15, -0.1) is 0 Å². The largest absolute Gasteiger partial charge is 0.487 e. The first-order valence-electron chi connectivity index (χ1n) is 10.7. The molecule has 7 heteroatoms. The van der Waals surface area contributed by atoms with Crippen molar-refractivity contribution in [3.05, 3.63) is 71.8 Å². The average Bonchev–Trinajstić information content (AvgIpc) is 3.08. The number of rotatable bonds is 5. The van der Waals surface area contributed by atoms with Crippen molar-refractivity contribution >= 4 is 11.6 Å². The highest BCUT2D eigenvalue weighted by atomic mass is 16.5. The molecule has 5 rings (SSSR count). The fourth-order valence-corrected chi connectivity index (χ4v) is 4.24. The van der Waals surface area contributed by atoms with Gasteiger partial charge in [0.2, 0.25) is 0 Å². The molecule has 0 amide bonds. The van der Waals surface area contributed by atoms with E-state index >= 15 is 0 Å². The smallest absolute Gasteiger partial charge is 0.150 e. The van der Waals surface area contributed by atoms with Gasteiger partial charge in [-0.1, -0.05) is 18.2 Å². The Balaban J connectivity index is 1.25. The number of anilines is 2. The summed E-state index contributed by atoms with van der Waals surface area (Å²) in [6, 6.07) is 12.5. The van der Waals surface area contributed by atoms with Crippen molar-refractivity contribution in [2.45, 2.75) is 38.5 Å². The van der Waals surface area contributed by atoms with E-state index in [1.165, 1.54) is 11.1 Å². The van der Waals surface area contributed by atoms with E-state index in [2.05, 4.69) is 52.2 Å². The number of aromatic nitrogens is 3. The average molecular weight is 418 g/mol. The molecule has 0 saturated carbocycles. The summed E-state index contributed by atoms with van der Waals surface area (Å²) in [5, 5.41) is 3.20. The van der Waals surface area contributed by atoms with Crippen LogP contribution >= 0.6 is 0 Å². The van der Waals surface area contributed by atoms with Gasteiger partial charge in [0, 0.05) is 38.4 Å². The van der Waals surface area contributed by atoms with Gasteiger partial charge in [-0.05, 0) is 43.2 Å². The highest BCUT2D eigenvalue weighted by Gasteiger charge is 2.30. The Hall–Kier alpha value is -3.03. The van der Waals surface area contributed by atoms with Crippen molar-refractivity contribution in [1.82, 2.24) is 19.9 Å². The second kappa shape index (κ2) is 8.24. The van der Waals surface area contributed by atoms with E-state index in [1.807, 2.05) is 18.2 Å². The summed E-state index contributed by atoms with van der Waals surface area (Å²) in [4.78, 5) is 15.5. The molecule has 160 valence electrons. The number of hydrogen-bond donors (Lipinski definition) is 1. The third-order valence-electron chi connectivity index (χ3n) is 5.60. The van der Waals surface area contributed by atoms with Gasteiger partial charge in [0.05, 0.1) is 18.5 Å². The molecule has 1 fully saturated rings. The summed E-state index contributed by atoms with van der Waals surface area (Å²) in [7, 11) is 0. The summed E-state index contributed by atoms with van der Waals surface area (Å²) in [6.45, 7) is 7.58.